The van der Waals surface area contributed by atoms with Crippen molar-refractivity contribution in [2.75, 3.05) is 0 Å². The number of aromatic nitrogens is 2. The molecular formula is C9H7ClN2O. The van der Waals surface area contributed by atoms with Gasteiger partial charge < -0.3 is 0 Å². The maximum Gasteiger partial charge on any atom is 0.181 e. The Labute approximate surface area is 79.9 Å². The molecule has 0 atom stereocenters. The standard InChI is InChI=1S/C9H7ClN2O/c1-6(13)9-8(10)7-4-2-3-5-12(7)11-9/h2-5H,1H3. The molecule has 4 heteroatoms. The second-order valence-electron chi connectivity index (χ2n) is 2.75. The van der Waals surface area contributed by atoms with Crippen LogP contribution in [0, 0.1) is 0 Å². The van der Waals surface area contributed by atoms with Gasteiger partial charge in [-0.2, -0.15) is 5.10 Å². The van der Waals surface area contributed by atoms with Gasteiger partial charge in [0.2, 0.25) is 0 Å². The van der Waals surface area contributed by atoms with E-state index in [0.29, 0.717) is 10.7 Å². The van der Waals surface area contributed by atoms with Crippen LogP contribution in [0.3, 0.4) is 0 Å². The summed E-state index contributed by atoms with van der Waals surface area (Å²) in [5.41, 5.74) is 1.09. The number of carbonyl (C=O) groups excluding carboxylic acids is 1. The van der Waals surface area contributed by atoms with Crippen LogP contribution >= 0.6 is 11.6 Å². The molecule has 2 aromatic heterocycles. The number of hydrogen-bond acceptors (Lipinski definition) is 2. The molecule has 2 rings (SSSR count). The van der Waals surface area contributed by atoms with E-state index < -0.39 is 0 Å². The molecule has 0 radical (unpaired) electrons. The minimum atomic E-state index is -0.117. The summed E-state index contributed by atoms with van der Waals surface area (Å²) in [6.45, 7) is 1.45. The van der Waals surface area contributed by atoms with Crippen LogP contribution in [0.25, 0.3) is 5.52 Å². The first kappa shape index (κ1) is 8.26. The van der Waals surface area contributed by atoms with E-state index in [0.717, 1.165) is 5.52 Å². The normalized spacial score (nSPS) is 10.6. The SMILES string of the molecule is CC(=O)c1nn2ccccc2c1Cl. The van der Waals surface area contributed by atoms with Crippen molar-refractivity contribution in [1.82, 2.24) is 9.61 Å². The molecule has 0 aromatic carbocycles. The van der Waals surface area contributed by atoms with E-state index in [1.54, 1.807) is 10.7 Å². The zero-order valence-electron chi connectivity index (χ0n) is 6.99. The van der Waals surface area contributed by atoms with Gasteiger partial charge in [0.15, 0.2) is 5.78 Å². The minimum absolute atomic E-state index is 0.117. The van der Waals surface area contributed by atoms with Crippen molar-refractivity contribution in [3.8, 4) is 0 Å². The number of rotatable bonds is 1. The monoisotopic (exact) mass is 194 g/mol. The molecule has 0 N–H and O–H groups in total. The molecular weight excluding hydrogens is 188 g/mol. The van der Waals surface area contributed by atoms with Crippen molar-refractivity contribution < 1.29 is 4.79 Å². The predicted octanol–water partition coefficient (Wildman–Crippen LogP) is 2.19. The van der Waals surface area contributed by atoms with Crippen LogP contribution in [0.2, 0.25) is 5.02 Å². The average Bonchev–Trinajstić information content (AvgIpc) is 2.45. The molecule has 66 valence electrons. The summed E-state index contributed by atoms with van der Waals surface area (Å²) < 4.78 is 1.60. The molecule has 0 saturated heterocycles. The Bertz CT molecular complexity index is 475. The van der Waals surface area contributed by atoms with Gasteiger partial charge >= 0.3 is 0 Å². The van der Waals surface area contributed by atoms with Gasteiger partial charge in [-0.15, -0.1) is 0 Å². The second-order valence-corrected chi connectivity index (χ2v) is 3.13. The minimum Gasteiger partial charge on any atom is -0.293 e. The van der Waals surface area contributed by atoms with Crippen molar-refractivity contribution in [3.63, 3.8) is 0 Å². The molecule has 0 fully saturated rings. The molecule has 0 amide bonds. The van der Waals surface area contributed by atoms with Crippen LogP contribution in [0.5, 0.6) is 0 Å². The van der Waals surface area contributed by atoms with E-state index >= 15 is 0 Å². The summed E-state index contributed by atoms with van der Waals surface area (Å²) in [5, 5.41) is 4.47. The smallest absolute Gasteiger partial charge is 0.181 e. The van der Waals surface area contributed by atoms with Crippen molar-refractivity contribution in [2.45, 2.75) is 6.92 Å². The lowest BCUT2D eigenvalue weighted by molar-refractivity contribution is 0.101. The molecule has 0 aliphatic rings. The van der Waals surface area contributed by atoms with Crippen molar-refractivity contribution in [2.24, 2.45) is 0 Å². The highest BCUT2D eigenvalue weighted by Crippen LogP contribution is 2.21. The Morgan fingerprint density at radius 2 is 2.31 bits per heavy atom. The lowest BCUT2D eigenvalue weighted by Gasteiger charge is -1.88. The first-order chi connectivity index (χ1) is 6.20. The fourth-order valence-electron chi connectivity index (χ4n) is 1.19. The first-order valence-electron chi connectivity index (χ1n) is 3.84. The van der Waals surface area contributed by atoms with Gasteiger partial charge in [-0.05, 0) is 12.1 Å². The van der Waals surface area contributed by atoms with E-state index in [2.05, 4.69) is 5.10 Å². The van der Waals surface area contributed by atoms with Crippen molar-refractivity contribution in [1.29, 1.82) is 0 Å². The third-order valence-electron chi connectivity index (χ3n) is 1.81. The van der Waals surface area contributed by atoms with Gasteiger partial charge in [0, 0.05) is 13.1 Å². The fourth-order valence-corrected chi connectivity index (χ4v) is 1.51. The number of Topliss-reactive ketones (excluding diaryl/α,β-unsaturated/α-hetero) is 1. The highest BCUT2D eigenvalue weighted by molar-refractivity contribution is 6.36. The number of nitrogens with zero attached hydrogens (tertiary/aromatic N) is 2. The van der Waals surface area contributed by atoms with Gasteiger partial charge in [0.25, 0.3) is 0 Å². The molecule has 0 unspecified atom stereocenters. The second kappa shape index (κ2) is 2.85. The van der Waals surface area contributed by atoms with E-state index in [1.165, 1.54) is 6.92 Å². The Kier molecular flexibility index (Phi) is 1.81. The largest absolute Gasteiger partial charge is 0.293 e. The third-order valence-corrected chi connectivity index (χ3v) is 2.19. The van der Waals surface area contributed by atoms with Crippen LogP contribution in [-0.4, -0.2) is 15.4 Å². The lowest BCUT2D eigenvalue weighted by atomic mass is 10.3. The van der Waals surface area contributed by atoms with Crippen LogP contribution in [0.15, 0.2) is 24.4 Å². The molecule has 0 bridgehead atoms. The maximum absolute atomic E-state index is 11.1. The highest BCUT2D eigenvalue weighted by Gasteiger charge is 2.13. The van der Waals surface area contributed by atoms with E-state index in [1.807, 2.05) is 18.2 Å². The molecule has 2 heterocycles. The zero-order valence-corrected chi connectivity index (χ0v) is 7.75. The Hall–Kier alpha value is -1.35. The summed E-state index contributed by atoms with van der Waals surface area (Å²) in [6, 6.07) is 5.51. The Balaban J connectivity index is 2.81. The number of fused-ring (bicyclic) bond motifs is 1. The highest BCUT2D eigenvalue weighted by atomic mass is 35.5. The number of pyridine rings is 1. The van der Waals surface area contributed by atoms with Crippen LogP contribution in [0.1, 0.15) is 17.4 Å². The molecule has 2 aromatic rings. The van der Waals surface area contributed by atoms with Gasteiger partial charge in [0.1, 0.15) is 5.69 Å². The van der Waals surface area contributed by atoms with Gasteiger partial charge in [-0.3, -0.25) is 4.79 Å². The summed E-state index contributed by atoms with van der Waals surface area (Å²) in [5.74, 6) is -0.117. The lowest BCUT2D eigenvalue weighted by Crippen LogP contribution is -1.94. The molecule has 0 aliphatic heterocycles. The number of carbonyl (C=O) groups is 1. The van der Waals surface area contributed by atoms with E-state index in [4.69, 9.17) is 11.6 Å². The maximum atomic E-state index is 11.1. The molecule has 0 saturated carbocycles. The quantitative estimate of drug-likeness (QED) is 0.653. The van der Waals surface area contributed by atoms with Gasteiger partial charge in [-0.25, -0.2) is 4.52 Å². The summed E-state index contributed by atoms with van der Waals surface area (Å²) in [7, 11) is 0. The van der Waals surface area contributed by atoms with E-state index in [9.17, 15) is 4.79 Å². The van der Waals surface area contributed by atoms with Gasteiger partial charge in [0.05, 0.1) is 10.5 Å². The van der Waals surface area contributed by atoms with Crippen molar-refractivity contribution >= 4 is 22.9 Å². The zero-order chi connectivity index (χ0) is 9.42. The topological polar surface area (TPSA) is 34.4 Å². The molecule has 0 spiro atoms. The van der Waals surface area contributed by atoms with E-state index in [-0.39, 0.29) is 5.78 Å². The summed E-state index contributed by atoms with van der Waals surface area (Å²) >= 11 is 5.95. The fraction of sp³-hybridized carbons (Fsp3) is 0.111. The summed E-state index contributed by atoms with van der Waals surface area (Å²) in [4.78, 5) is 11.1. The molecule has 13 heavy (non-hydrogen) atoms. The Morgan fingerprint density at radius 3 is 2.92 bits per heavy atom. The number of halogens is 1. The predicted molar refractivity (Wildman–Crippen MR) is 50.2 cm³/mol. The first-order valence-corrected chi connectivity index (χ1v) is 4.22. The van der Waals surface area contributed by atoms with Gasteiger partial charge in [-0.1, -0.05) is 17.7 Å². The molecule has 3 nitrogen and oxygen atoms in total. The summed E-state index contributed by atoms with van der Waals surface area (Å²) in [6.07, 6.45) is 1.76. The number of hydrogen-bond donors (Lipinski definition) is 0. The molecule has 0 aliphatic carbocycles. The number of ketones is 1. The third kappa shape index (κ3) is 1.21. The van der Waals surface area contributed by atoms with Crippen LogP contribution in [-0.2, 0) is 0 Å². The van der Waals surface area contributed by atoms with Crippen molar-refractivity contribution in [3.05, 3.63) is 35.1 Å². The Morgan fingerprint density at radius 1 is 1.54 bits per heavy atom. The average molecular weight is 195 g/mol. The van der Waals surface area contributed by atoms with Crippen LogP contribution in [0.4, 0.5) is 0 Å². The van der Waals surface area contributed by atoms with Crippen LogP contribution < -0.4 is 0 Å².